The average molecular weight is 288 g/mol. The molecule has 7 nitrogen and oxygen atoms in total. The highest BCUT2D eigenvalue weighted by molar-refractivity contribution is 5.90. The zero-order chi connectivity index (χ0) is 15.4. The number of carbonyl (C=O) groups excluding carboxylic acids is 1. The van der Waals surface area contributed by atoms with Crippen molar-refractivity contribution >= 4 is 17.3 Å². The Balaban J connectivity index is 2.21. The van der Waals surface area contributed by atoms with Crippen molar-refractivity contribution in [3.8, 4) is 0 Å². The number of amides is 1. The van der Waals surface area contributed by atoms with E-state index in [2.05, 4.69) is 5.32 Å². The van der Waals surface area contributed by atoms with Gasteiger partial charge in [-0.05, 0) is 25.1 Å². The van der Waals surface area contributed by atoms with Gasteiger partial charge in [0.15, 0.2) is 0 Å². The largest absolute Gasteiger partial charge is 0.399 e. The average Bonchev–Trinajstić information content (AvgIpc) is 2.43. The lowest BCUT2D eigenvalue weighted by molar-refractivity contribution is -0.116. The van der Waals surface area contributed by atoms with E-state index in [-0.39, 0.29) is 6.54 Å². The van der Waals surface area contributed by atoms with E-state index in [1.165, 1.54) is 16.8 Å². The number of aryl methyl sites for hydroxylation is 1. The molecule has 1 aromatic carbocycles. The number of hydrogen-bond donors (Lipinski definition) is 2. The monoisotopic (exact) mass is 288 g/mol. The highest BCUT2D eigenvalue weighted by atomic mass is 16.2. The zero-order valence-electron chi connectivity index (χ0n) is 11.6. The molecule has 0 saturated heterocycles. The third-order valence-corrected chi connectivity index (χ3v) is 2.95. The number of nitrogen functional groups attached to an aromatic ring is 1. The van der Waals surface area contributed by atoms with Gasteiger partial charge in [0.05, 0.1) is 0 Å². The highest BCUT2D eigenvalue weighted by Gasteiger charge is 2.09. The lowest BCUT2D eigenvalue weighted by atomic mass is 10.3. The molecule has 0 aliphatic carbocycles. The Hall–Kier alpha value is -2.83. The van der Waals surface area contributed by atoms with Crippen molar-refractivity contribution in [1.82, 2.24) is 9.13 Å². The molecule has 3 N–H and O–H groups in total. The minimum Gasteiger partial charge on any atom is -0.399 e. The van der Waals surface area contributed by atoms with Crippen LogP contribution in [-0.2, 0) is 17.9 Å². The van der Waals surface area contributed by atoms with Gasteiger partial charge in [-0.2, -0.15) is 0 Å². The first kappa shape index (κ1) is 14.6. The van der Waals surface area contributed by atoms with Gasteiger partial charge in [-0.15, -0.1) is 0 Å². The Kier molecular flexibility index (Phi) is 4.22. The molecule has 1 aromatic heterocycles. The molecular weight excluding hydrogens is 272 g/mol. The molecule has 0 fully saturated rings. The molecule has 0 radical (unpaired) electrons. The minimum absolute atomic E-state index is 0.340. The predicted octanol–water partition coefficient (Wildman–Crippen LogP) is 0.251. The summed E-state index contributed by atoms with van der Waals surface area (Å²) < 4.78 is 2.25. The second-order valence-corrected chi connectivity index (χ2v) is 4.48. The van der Waals surface area contributed by atoms with Gasteiger partial charge in [-0.3, -0.25) is 14.2 Å². The molecule has 1 heterocycles. The van der Waals surface area contributed by atoms with Crippen molar-refractivity contribution in [3.05, 3.63) is 57.4 Å². The van der Waals surface area contributed by atoms with Crippen molar-refractivity contribution in [2.45, 2.75) is 20.0 Å². The summed E-state index contributed by atoms with van der Waals surface area (Å²) in [7, 11) is 0. The zero-order valence-corrected chi connectivity index (χ0v) is 11.6. The highest BCUT2D eigenvalue weighted by Crippen LogP contribution is 2.11. The first-order valence-electron chi connectivity index (χ1n) is 6.47. The van der Waals surface area contributed by atoms with E-state index in [9.17, 15) is 14.4 Å². The first-order chi connectivity index (χ1) is 10.0. The van der Waals surface area contributed by atoms with Crippen LogP contribution in [0.4, 0.5) is 11.4 Å². The minimum atomic E-state index is -0.507. The molecule has 0 spiro atoms. The van der Waals surface area contributed by atoms with Gasteiger partial charge in [-0.25, -0.2) is 4.79 Å². The summed E-state index contributed by atoms with van der Waals surface area (Å²) in [6, 6.07) is 7.92. The SMILES string of the molecule is CCn1ccc(=O)n(CC(=O)Nc2cccc(N)c2)c1=O. The number of benzene rings is 1. The van der Waals surface area contributed by atoms with Crippen molar-refractivity contribution in [3.63, 3.8) is 0 Å². The van der Waals surface area contributed by atoms with Crippen molar-refractivity contribution in [2.24, 2.45) is 0 Å². The van der Waals surface area contributed by atoms with Crippen LogP contribution in [0.3, 0.4) is 0 Å². The summed E-state index contributed by atoms with van der Waals surface area (Å²) in [6.45, 7) is 1.87. The Bertz CT molecular complexity index is 776. The molecule has 0 unspecified atom stereocenters. The lowest BCUT2D eigenvalue weighted by Crippen LogP contribution is -2.41. The number of aromatic nitrogens is 2. The Morgan fingerprint density at radius 3 is 2.71 bits per heavy atom. The van der Waals surface area contributed by atoms with E-state index in [0.29, 0.717) is 17.9 Å². The summed E-state index contributed by atoms with van der Waals surface area (Å²) in [6.07, 6.45) is 1.41. The molecule has 1 amide bonds. The molecule has 110 valence electrons. The Morgan fingerprint density at radius 1 is 1.29 bits per heavy atom. The summed E-state index contributed by atoms with van der Waals surface area (Å²) in [4.78, 5) is 35.6. The number of rotatable bonds is 4. The molecule has 0 saturated carbocycles. The number of nitrogens with two attached hydrogens (primary N) is 1. The van der Waals surface area contributed by atoms with Crippen LogP contribution in [0.5, 0.6) is 0 Å². The molecule has 0 aliphatic heterocycles. The van der Waals surface area contributed by atoms with E-state index in [1.54, 1.807) is 31.2 Å². The molecular formula is C14H16N4O3. The van der Waals surface area contributed by atoms with Crippen LogP contribution in [0, 0.1) is 0 Å². The standard InChI is InChI=1S/C14H16N4O3/c1-2-17-7-6-13(20)18(14(17)21)9-12(19)16-11-5-3-4-10(15)8-11/h3-8H,2,9,15H2,1H3,(H,16,19). The second-order valence-electron chi connectivity index (χ2n) is 4.48. The summed E-state index contributed by atoms with van der Waals surface area (Å²) in [5.74, 6) is -0.464. The van der Waals surface area contributed by atoms with Crippen LogP contribution < -0.4 is 22.3 Å². The van der Waals surface area contributed by atoms with Gasteiger partial charge in [0, 0.05) is 30.2 Å². The van der Waals surface area contributed by atoms with Gasteiger partial charge in [0.25, 0.3) is 5.56 Å². The lowest BCUT2D eigenvalue weighted by Gasteiger charge is -2.09. The number of carbonyl (C=O) groups is 1. The number of nitrogens with one attached hydrogen (secondary N) is 1. The second kappa shape index (κ2) is 6.08. The summed E-state index contributed by atoms with van der Waals surface area (Å²) in [5.41, 5.74) is 5.63. The molecule has 21 heavy (non-hydrogen) atoms. The Labute approximate surface area is 120 Å². The molecule has 0 atom stereocenters. The molecule has 7 heteroatoms. The van der Waals surface area contributed by atoms with Gasteiger partial charge < -0.3 is 15.6 Å². The molecule has 0 aliphatic rings. The number of nitrogens with zero attached hydrogens (tertiary/aromatic N) is 2. The van der Waals surface area contributed by atoms with Crippen LogP contribution in [0.25, 0.3) is 0 Å². The summed E-state index contributed by atoms with van der Waals surface area (Å²) >= 11 is 0. The predicted molar refractivity (Wildman–Crippen MR) is 80.1 cm³/mol. The maximum Gasteiger partial charge on any atom is 0.331 e. The molecule has 2 rings (SSSR count). The van der Waals surface area contributed by atoms with Gasteiger partial charge in [-0.1, -0.05) is 6.07 Å². The van der Waals surface area contributed by atoms with Crippen molar-refractivity contribution in [2.75, 3.05) is 11.1 Å². The van der Waals surface area contributed by atoms with Crippen LogP contribution in [0.2, 0.25) is 0 Å². The fraction of sp³-hybridized carbons (Fsp3) is 0.214. The third-order valence-electron chi connectivity index (χ3n) is 2.95. The molecule has 2 aromatic rings. The van der Waals surface area contributed by atoms with Crippen LogP contribution in [0.15, 0.2) is 46.1 Å². The normalized spacial score (nSPS) is 10.3. The van der Waals surface area contributed by atoms with Crippen LogP contribution in [-0.4, -0.2) is 15.0 Å². The van der Waals surface area contributed by atoms with Gasteiger partial charge in [0.2, 0.25) is 5.91 Å². The fourth-order valence-electron chi connectivity index (χ4n) is 1.90. The number of hydrogen-bond acceptors (Lipinski definition) is 4. The first-order valence-corrected chi connectivity index (χ1v) is 6.47. The van der Waals surface area contributed by atoms with Crippen LogP contribution >= 0.6 is 0 Å². The fourth-order valence-corrected chi connectivity index (χ4v) is 1.90. The number of anilines is 2. The van der Waals surface area contributed by atoms with E-state index < -0.39 is 17.2 Å². The van der Waals surface area contributed by atoms with Crippen molar-refractivity contribution in [1.29, 1.82) is 0 Å². The van der Waals surface area contributed by atoms with E-state index in [0.717, 1.165) is 4.57 Å². The Morgan fingerprint density at radius 2 is 2.05 bits per heavy atom. The smallest absolute Gasteiger partial charge is 0.331 e. The molecule has 0 bridgehead atoms. The van der Waals surface area contributed by atoms with Gasteiger partial charge >= 0.3 is 5.69 Å². The topological polar surface area (TPSA) is 99.1 Å². The third kappa shape index (κ3) is 3.38. The maximum absolute atomic E-state index is 12.0. The van der Waals surface area contributed by atoms with E-state index in [4.69, 9.17) is 5.73 Å². The quantitative estimate of drug-likeness (QED) is 0.788. The van der Waals surface area contributed by atoms with Crippen molar-refractivity contribution < 1.29 is 4.79 Å². The summed E-state index contributed by atoms with van der Waals surface area (Å²) in [5, 5.41) is 2.60. The maximum atomic E-state index is 12.0. The van der Waals surface area contributed by atoms with Crippen LogP contribution in [0.1, 0.15) is 6.92 Å². The van der Waals surface area contributed by atoms with Gasteiger partial charge in [0.1, 0.15) is 6.54 Å². The van der Waals surface area contributed by atoms with E-state index in [1.807, 2.05) is 0 Å². The van der Waals surface area contributed by atoms with E-state index >= 15 is 0 Å².